The summed E-state index contributed by atoms with van der Waals surface area (Å²) in [6.07, 6.45) is 3.52. The van der Waals surface area contributed by atoms with E-state index >= 15 is 0 Å². The van der Waals surface area contributed by atoms with Crippen molar-refractivity contribution in [2.75, 3.05) is 25.6 Å². The maximum absolute atomic E-state index is 9.04. The third-order valence-electron chi connectivity index (χ3n) is 3.55. The largest absolute Gasteiger partial charge is 0.385 e. The van der Waals surface area contributed by atoms with Crippen LogP contribution in [0.15, 0.2) is 18.2 Å². The van der Waals surface area contributed by atoms with Crippen molar-refractivity contribution in [2.24, 2.45) is 5.41 Å². The van der Waals surface area contributed by atoms with E-state index in [2.05, 4.69) is 11.4 Å². The SMILES string of the molecule is COCCC1(CNc2cc(Cl)ccc2C#N)CC1. The molecule has 0 saturated heterocycles. The minimum atomic E-state index is 0.352. The van der Waals surface area contributed by atoms with Gasteiger partial charge in [-0.1, -0.05) is 11.6 Å². The monoisotopic (exact) mass is 264 g/mol. The molecule has 0 radical (unpaired) electrons. The number of nitrogens with zero attached hydrogens (tertiary/aromatic N) is 1. The van der Waals surface area contributed by atoms with E-state index in [1.165, 1.54) is 12.8 Å². The summed E-state index contributed by atoms with van der Waals surface area (Å²) in [6.45, 7) is 1.67. The Kier molecular flexibility index (Phi) is 4.11. The van der Waals surface area contributed by atoms with Gasteiger partial charge in [-0.2, -0.15) is 5.26 Å². The van der Waals surface area contributed by atoms with E-state index in [1.807, 2.05) is 6.07 Å². The summed E-state index contributed by atoms with van der Waals surface area (Å²) >= 11 is 5.95. The van der Waals surface area contributed by atoms with Crippen molar-refractivity contribution in [3.63, 3.8) is 0 Å². The zero-order valence-electron chi connectivity index (χ0n) is 10.5. The highest BCUT2D eigenvalue weighted by Crippen LogP contribution is 2.48. The van der Waals surface area contributed by atoms with Gasteiger partial charge in [-0.25, -0.2) is 0 Å². The van der Waals surface area contributed by atoms with Crippen molar-refractivity contribution < 1.29 is 4.74 Å². The Hall–Kier alpha value is -1.24. The molecule has 4 heteroatoms. The Morgan fingerprint density at radius 1 is 1.50 bits per heavy atom. The lowest BCUT2D eigenvalue weighted by Gasteiger charge is -2.17. The Bertz CT molecular complexity index is 463. The smallest absolute Gasteiger partial charge is 0.101 e. The molecule has 0 atom stereocenters. The number of ether oxygens (including phenoxy) is 1. The van der Waals surface area contributed by atoms with Crippen LogP contribution in [0.5, 0.6) is 0 Å². The van der Waals surface area contributed by atoms with E-state index in [1.54, 1.807) is 19.2 Å². The lowest BCUT2D eigenvalue weighted by atomic mass is 10.0. The van der Waals surface area contributed by atoms with Gasteiger partial charge in [0, 0.05) is 25.3 Å². The molecule has 96 valence electrons. The van der Waals surface area contributed by atoms with Crippen LogP contribution in [0.3, 0.4) is 0 Å². The molecule has 0 bridgehead atoms. The first-order valence-corrected chi connectivity index (χ1v) is 6.49. The molecule has 18 heavy (non-hydrogen) atoms. The van der Waals surface area contributed by atoms with Crippen molar-refractivity contribution in [2.45, 2.75) is 19.3 Å². The summed E-state index contributed by atoms with van der Waals surface area (Å²) in [5, 5.41) is 13.0. The van der Waals surface area contributed by atoms with E-state index in [0.29, 0.717) is 16.0 Å². The third-order valence-corrected chi connectivity index (χ3v) is 3.78. The Morgan fingerprint density at radius 2 is 2.28 bits per heavy atom. The molecule has 1 aromatic carbocycles. The summed E-state index contributed by atoms with van der Waals surface area (Å²) in [4.78, 5) is 0. The van der Waals surface area contributed by atoms with Gasteiger partial charge in [0.15, 0.2) is 0 Å². The highest BCUT2D eigenvalue weighted by molar-refractivity contribution is 6.30. The van der Waals surface area contributed by atoms with Crippen molar-refractivity contribution in [1.82, 2.24) is 0 Å². The summed E-state index contributed by atoms with van der Waals surface area (Å²) in [7, 11) is 1.73. The molecule has 1 saturated carbocycles. The van der Waals surface area contributed by atoms with Gasteiger partial charge >= 0.3 is 0 Å². The second kappa shape index (κ2) is 5.60. The first kappa shape index (κ1) is 13.2. The molecular formula is C14H17ClN2O. The summed E-state index contributed by atoms with van der Waals surface area (Å²) < 4.78 is 5.13. The number of rotatable bonds is 6. The number of hydrogen-bond donors (Lipinski definition) is 1. The minimum Gasteiger partial charge on any atom is -0.385 e. The van der Waals surface area contributed by atoms with Gasteiger partial charge < -0.3 is 10.1 Å². The van der Waals surface area contributed by atoms with Gasteiger partial charge in [-0.3, -0.25) is 0 Å². The van der Waals surface area contributed by atoms with Crippen LogP contribution in [0.4, 0.5) is 5.69 Å². The summed E-state index contributed by atoms with van der Waals surface area (Å²) in [5.41, 5.74) is 1.82. The number of nitrogens with one attached hydrogen (secondary N) is 1. The predicted octanol–water partition coefficient (Wildman–Crippen LogP) is 3.44. The van der Waals surface area contributed by atoms with Gasteiger partial charge in [0.05, 0.1) is 11.3 Å². The third kappa shape index (κ3) is 3.16. The van der Waals surface area contributed by atoms with E-state index in [-0.39, 0.29) is 0 Å². The number of nitriles is 1. The van der Waals surface area contributed by atoms with Crippen LogP contribution >= 0.6 is 11.6 Å². The van der Waals surface area contributed by atoms with E-state index in [0.717, 1.165) is 25.3 Å². The molecule has 2 rings (SSSR count). The molecule has 3 nitrogen and oxygen atoms in total. The number of halogens is 1. The molecule has 0 aliphatic heterocycles. The first-order valence-electron chi connectivity index (χ1n) is 6.12. The molecule has 0 aromatic heterocycles. The highest BCUT2D eigenvalue weighted by Gasteiger charge is 2.41. The van der Waals surface area contributed by atoms with E-state index in [4.69, 9.17) is 21.6 Å². The molecule has 1 N–H and O–H groups in total. The molecule has 1 aliphatic rings. The predicted molar refractivity (Wildman–Crippen MR) is 72.8 cm³/mol. The Labute approximate surface area is 113 Å². The van der Waals surface area contributed by atoms with Crippen molar-refractivity contribution in [3.8, 4) is 6.07 Å². The van der Waals surface area contributed by atoms with Crippen molar-refractivity contribution >= 4 is 17.3 Å². The molecule has 1 aliphatic carbocycles. The number of methoxy groups -OCH3 is 1. The minimum absolute atomic E-state index is 0.352. The van der Waals surface area contributed by atoms with Gasteiger partial charge in [0.1, 0.15) is 6.07 Å². The van der Waals surface area contributed by atoms with Crippen LogP contribution in [0, 0.1) is 16.7 Å². The quantitative estimate of drug-likeness (QED) is 0.856. The molecular weight excluding hydrogens is 248 g/mol. The second-order valence-electron chi connectivity index (χ2n) is 4.90. The fourth-order valence-corrected chi connectivity index (χ4v) is 2.23. The van der Waals surface area contributed by atoms with Gasteiger partial charge in [-0.05, 0) is 42.9 Å². The Morgan fingerprint density at radius 3 is 2.89 bits per heavy atom. The van der Waals surface area contributed by atoms with Crippen molar-refractivity contribution in [3.05, 3.63) is 28.8 Å². The zero-order valence-corrected chi connectivity index (χ0v) is 11.3. The molecule has 1 fully saturated rings. The van der Waals surface area contributed by atoms with Crippen LogP contribution in [-0.4, -0.2) is 20.3 Å². The van der Waals surface area contributed by atoms with Crippen LogP contribution in [0.25, 0.3) is 0 Å². The van der Waals surface area contributed by atoms with Crippen LogP contribution in [0.2, 0.25) is 5.02 Å². The average molecular weight is 265 g/mol. The topological polar surface area (TPSA) is 45.0 Å². The fraction of sp³-hybridized carbons (Fsp3) is 0.500. The second-order valence-corrected chi connectivity index (χ2v) is 5.33. The lowest BCUT2D eigenvalue weighted by molar-refractivity contribution is 0.175. The average Bonchev–Trinajstić information content (AvgIpc) is 3.15. The van der Waals surface area contributed by atoms with E-state index in [9.17, 15) is 0 Å². The first-order chi connectivity index (χ1) is 8.69. The maximum Gasteiger partial charge on any atom is 0.101 e. The van der Waals surface area contributed by atoms with Crippen LogP contribution < -0.4 is 5.32 Å². The number of anilines is 1. The van der Waals surface area contributed by atoms with Gasteiger partial charge in [-0.15, -0.1) is 0 Å². The number of hydrogen-bond acceptors (Lipinski definition) is 3. The molecule has 0 heterocycles. The lowest BCUT2D eigenvalue weighted by Crippen LogP contribution is -2.17. The fourth-order valence-electron chi connectivity index (χ4n) is 2.05. The van der Waals surface area contributed by atoms with Crippen LogP contribution in [0.1, 0.15) is 24.8 Å². The normalized spacial score (nSPS) is 16.1. The molecule has 0 unspecified atom stereocenters. The molecule has 1 aromatic rings. The molecule has 0 amide bonds. The van der Waals surface area contributed by atoms with Gasteiger partial charge in [0.25, 0.3) is 0 Å². The number of benzene rings is 1. The Balaban J connectivity index is 1.98. The van der Waals surface area contributed by atoms with E-state index < -0.39 is 0 Å². The summed E-state index contributed by atoms with van der Waals surface area (Å²) in [6, 6.07) is 7.48. The zero-order chi connectivity index (χ0) is 13.0. The van der Waals surface area contributed by atoms with Crippen LogP contribution in [-0.2, 0) is 4.74 Å². The molecule has 0 spiro atoms. The summed E-state index contributed by atoms with van der Waals surface area (Å²) in [5.74, 6) is 0. The van der Waals surface area contributed by atoms with Gasteiger partial charge in [0.2, 0.25) is 0 Å². The standard InChI is InChI=1S/C14H17ClN2O/c1-18-7-6-14(4-5-14)10-17-13-8-12(15)3-2-11(13)9-16/h2-3,8,17H,4-7,10H2,1H3. The maximum atomic E-state index is 9.04. The highest BCUT2D eigenvalue weighted by atomic mass is 35.5. The van der Waals surface area contributed by atoms with Crippen molar-refractivity contribution in [1.29, 1.82) is 5.26 Å².